The van der Waals surface area contributed by atoms with Crippen LogP contribution >= 0.6 is 0 Å². The number of halogens is 3. The molecule has 0 aliphatic rings. The molecule has 0 atom stereocenters. The largest absolute Gasteiger partial charge is 0.417 e. The summed E-state index contributed by atoms with van der Waals surface area (Å²) in [5.74, 6) is 1.00. The van der Waals surface area contributed by atoms with Crippen LogP contribution in [0.15, 0.2) is 146 Å². The van der Waals surface area contributed by atoms with Gasteiger partial charge in [0.05, 0.1) is 28.2 Å². The molecule has 0 spiro atoms. The van der Waals surface area contributed by atoms with Crippen LogP contribution in [0.3, 0.4) is 0 Å². The zero-order chi connectivity index (χ0) is 33.5. The minimum Gasteiger partial charge on any atom is -0.309 e. The molecule has 0 aliphatic carbocycles. The molecule has 0 unspecified atom stereocenters. The maximum absolute atomic E-state index is 14.5. The maximum atomic E-state index is 14.5. The first kappa shape index (κ1) is 29.8. The second-order valence-corrected chi connectivity index (χ2v) is 11.5. The van der Waals surface area contributed by atoms with Gasteiger partial charge in [-0.1, -0.05) is 109 Å². The Morgan fingerprint density at radius 3 is 1.78 bits per heavy atom. The minimum atomic E-state index is -4.60. The Hall–Kier alpha value is -6.59. The molecule has 5 nitrogen and oxygen atoms in total. The topological polar surface area (TPSA) is 67.4 Å². The van der Waals surface area contributed by atoms with Crippen molar-refractivity contribution in [2.24, 2.45) is 0 Å². The van der Waals surface area contributed by atoms with E-state index in [1.54, 1.807) is 24.3 Å². The fourth-order valence-corrected chi connectivity index (χ4v) is 6.30. The van der Waals surface area contributed by atoms with Crippen molar-refractivity contribution in [2.45, 2.75) is 6.18 Å². The van der Waals surface area contributed by atoms with Gasteiger partial charge < -0.3 is 4.57 Å². The van der Waals surface area contributed by atoms with E-state index in [2.05, 4.69) is 6.07 Å². The van der Waals surface area contributed by atoms with Crippen LogP contribution in [0.25, 0.3) is 72.8 Å². The molecule has 0 N–H and O–H groups in total. The summed E-state index contributed by atoms with van der Waals surface area (Å²) in [7, 11) is 0. The molecular formula is C41H24F3N5. The summed E-state index contributed by atoms with van der Waals surface area (Å²) in [4.78, 5) is 14.6. The van der Waals surface area contributed by atoms with E-state index in [1.165, 1.54) is 12.1 Å². The van der Waals surface area contributed by atoms with Gasteiger partial charge in [0.1, 0.15) is 0 Å². The van der Waals surface area contributed by atoms with E-state index in [1.807, 2.05) is 108 Å². The van der Waals surface area contributed by atoms with Gasteiger partial charge in [0.15, 0.2) is 17.5 Å². The lowest BCUT2D eigenvalue weighted by Gasteiger charge is -2.18. The van der Waals surface area contributed by atoms with Gasteiger partial charge in [0.2, 0.25) is 0 Å². The van der Waals surface area contributed by atoms with E-state index in [4.69, 9.17) is 15.0 Å². The average Bonchev–Trinajstić information content (AvgIpc) is 3.48. The molecule has 0 saturated carbocycles. The van der Waals surface area contributed by atoms with Crippen molar-refractivity contribution in [3.05, 3.63) is 157 Å². The molecule has 8 aromatic rings. The third kappa shape index (κ3) is 5.37. The molecule has 0 amide bonds. The van der Waals surface area contributed by atoms with Crippen molar-refractivity contribution in [1.82, 2.24) is 19.5 Å². The average molecular weight is 644 g/mol. The zero-order valence-corrected chi connectivity index (χ0v) is 25.7. The second-order valence-electron chi connectivity index (χ2n) is 11.5. The molecule has 0 saturated heterocycles. The second kappa shape index (κ2) is 11.9. The van der Waals surface area contributed by atoms with E-state index in [9.17, 15) is 18.4 Å². The summed E-state index contributed by atoms with van der Waals surface area (Å²) in [6, 6.07) is 45.3. The van der Waals surface area contributed by atoms with Crippen LogP contribution in [0.1, 0.15) is 11.1 Å². The quantitative estimate of drug-likeness (QED) is 0.187. The highest BCUT2D eigenvalue weighted by molar-refractivity contribution is 6.09. The van der Waals surface area contributed by atoms with Gasteiger partial charge in [0.25, 0.3) is 0 Å². The number of fused-ring (bicyclic) bond motifs is 3. The van der Waals surface area contributed by atoms with Gasteiger partial charge >= 0.3 is 6.18 Å². The van der Waals surface area contributed by atoms with E-state index >= 15 is 0 Å². The molecule has 0 radical (unpaired) electrons. The molecule has 0 fully saturated rings. The van der Waals surface area contributed by atoms with Crippen molar-refractivity contribution >= 4 is 21.8 Å². The lowest BCUT2D eigenvalue weighted by atomic mass is 9.94. The fraction of sp³-hybridized carbons (Fsp3) is 0.0244. The van der Waals surface area contributed by atoms with E-state index in [0.29, 0.717) is 34.0 Å². The Morgan fingerprint density at radius 1 is 0.510 bits per heavy atom. The zero-order valence-electron chi connectivity index (χ0n) is 25.7. The van der Waals surface area contributed by atoms with Gasteiger partial charge in [0, 0.05) is 33.2 Å². The summed E-state index contributed by atoms with van der Waals surface area (Å²) in [6.45, 7) is 0. The predicted octanol–water partition coefficient (Wildman–Crippen LogP) is 10.5. The Morgan fingerprint density at radius 2 is 1.10 bits per heavy atom. The van der Waals surface area contributed by atoms with Gasteiger partial charge in [-0.2, -0.15) is 18.4 Å². The van der Waals surface area contributed by atoms with E-state index < -0.39 is 11.7 Å². The molecule has 0 bridgehead atoms. The molecular weight excluding hydrogens is 619 g/mol. The molecule has 8 heteroatoms. The number of nitriles is 1. The monoisotopic (exact) mass is 643 g/mol. The maximum Gasteiger partial charge on any atom is 0.417 e. The predicted molar refractivity (Wildman–Crippen MR) is 186 cm³/mol. The fourth-order valence-electron chi connectivity index (χ4n) is 6.30. The van der Waals surface area contributed by atoms with Crippen LogP contribution in [0.5, 0.6) is 0 Å². The normalized spacial score (nSPS) is 11.6. The van der Waals surface area contributed by atoms with Crippen molar-refractivity contribution in [3.8, 4) is 57.0 Å². The third-order valence-corrected chi connectivity index (χ3v) is 8.53. The van der Waals surface area contributed by atoms with Crippen molar-refractivity contribution in [1.29, 1.82) is 5.26 Å². The standard InChI is InChI=1S/C41H24F3N5/c42-41(43,44)35-17-9-7-15-31(35)30-22-20-29(49-36-18-10-8-16-32(36)33-21-19-26(25-45)23-37(33)49)24-34(30)40-47-38(27-11-3-1-4-12-27)46-39(48-40)28-13-5-2-6-14-28/h1-24H. The number of alkyl halides is 3. The number of aromatic nitrogens is 4. The highest BCUT2D eigenvalue weighted by Crippen LogP contribution is 2.42. The van der Waals surface area contributed by atoms with Crippen LogP contribution in [-0.4, -0.2) is 19.5 Å². The summed E-state index contributed by atoms with van der Waals surface area (Å²) < 4.78 is 45.5. The molecule has 2 heterocycles. The molecule has 0 aliphatic heterocycles. The number of hydrogen-bond acceptors (Lipinski definition) is 4. The van der Waals surface area contributed by atoms with Crippen molar-refractivity contribution in [3.63, 3.8) is 0 Å². The lowest BCUT2D eigenvalue weighted by Crippen LogP contribution is -2.08. The number of benzene rings is 6. The summed E-state index contributed by atoms with van der Waals surface area (Å²) in [5.41, 5.74) is 4.28. The molecule has 6 aromatic carbocycles. The number of hydrogen-bond donors (Lipinski definition) is 0. The van der Waals surface area contributed by atoms with Crippen LogP contribution in [0, 0.1) is 11.3 Å². The van der Waals surface area contributed by atoms with E-state index in [0.717, 1.165) is 39.0 Å². The summed E-state index contributed by atoms with van der Waals surface area (Å²) in [6.07, 6.45) is -4.60. The summed E-state index contributed by atoms with van der Waals surface area (Å²) in [5, 5.41) is 11.7. The highest BCUT2D eigenvalue weighted by atomic mass is 19.4. The third-order valence-electron chi connectivity index (χ3n) is 8.53. The molecule has 49 heavy (non-hydrogen) atoms. The van der Waals surface area contributed by atoms with Crippen LogP contribution in [0.4, 0.5) is 13.2 Å². The van der Waals surface area contributed by atoms with Crippen LogP contribution in [0.2, 0.25) is 0 Å². The minimum absolute atomic E-state index is 0.00785. The first-order valence-corrected chi connectivity index (χ1v) is 15.5. The van der Waals surface area contributed by atoms with Crippen LogP contribution < -0.4 is 0 Å². The van der Waals surface area contributed by atoms with Crippen LogP contribution in [-0.2, 0) is 6.18 Å². The van der Waals surface area contributed by atoms with Gasteiger partial charge in [-0.05, 0) is 47.5 Å². The summed E-state index contributed by atoms with van der Waals surface area (Å²) >= 11 is 0. The van der Waals surface area contributed by atoms with Gasteiger partial charge in [-0.15, -0.1) is 0 Å². The number of rotatable bonds is 5. The van der Waals surface area contributed by atoms with Crippen molar-refractivity contribution < 1.29 is 13.2 Å². The molecule has 234 valence electrons. The smallest absolute Gasteiger partial charge is 0.309 e. The number of nitrogens with zero attached hydrogens (tertiary/aromatic N) is 5. The van der Waals surface area contributed by atoms with Crippen molar-refractivity contribution in [2.75, 3.05) is 0 Å². The Kier molecular flexibility index (Phi) is 7.23. The lowest BCUT2D eigenvalue weighted by molar-refractivity contribution is -0.137. The van der Waals surface area contributed by atoms with Gasteiger partial charge in [-0.3, -0.25) is 0 Å². The Bertz CT molecular complexity index is 2490. The SMILES string of the molecule is N#Cc1ccc2c3ccccc3n(-c3ccc(-c4ccccc4C(F)(F)F)c(-c4nc(-c5ccccc5)nc(-c5ccccc5)n4)c3)c2c1. The van der Waals surface area contributed by atoms with Gasteiger partial charge in [-0.25, -0.2) is 15.0 Å². The molecule has 2 aromatic heterocycles. The first-order valence-electron chi connectivity index (χ1n) is 15.5. The van der Waals surface area contributed by atoms with E-state index in [-0.39, 0.29) is 11.4 Å². The highest BCUT2D eigenvalue weighted by Gasteiger charge is 2.34. The Labute approximate surface area is 279 Å². The Balaban J connectivity index is 1.46. The first-order chi connectivity index (χ1) is 23.9. The molecule has 8 rings (SSSR count). The number of para-hydroxylation sites is 1.